The minimum atomic E-state index is 0.885. The molecule has 2 rings (SSSR count). The predicted octanol–water partition coefficient (Wildman–Crippen LogP) is 3.91. The van der Waals surface area contributed by atoms with Gasteiger partial charge in [-0.05, 0) is 32.5 Å². The van der Waals surface area contributed by atoms with Gasteiger partial charge in [0, 0.05) is 21.5 Å². The lowest BCUT2D eigenvalue weighted by atomic mass is 10.2. The van der Waals surface area contributed by atoms with E-state index in [4.69, 9.17) is 0 Å². The Balaban J connectivity index is 2.39. The number of hydrogen-bond acceptors (Lipinski definition) is 3. The number of aryl methyl sites for hydroxylation is 2. The van der Waals surface area contributed by atoms with Gasteiger partial charge in [0.05, 0.1) is 5.69 Å². The van der Waals surface area contributed by atoms with E-state index in [1.165, 1.54) is 16.0 Å². The highest BCUT2D eigenvalue weighted by atomic mass is 79.9. The Labute approximate surface area is 114 Å². The average molecular weight is 311 g/mol. The molecular weight excluding hydrogens is 296 g/mol. The van der Waals surface area contributed by atoms with Crippen LogP contribution in [0.3, 0.4) is 0 Å². The second-order valence-corrected chi connectivity index (χ2v) is 5.96. The van der Waals surface area contributed by atoms with E-state index in [0.29, 0.717) is 0 Å². The molecule has 0 radical (unpaired) electrons. The molecule has 1 aromatic carbocycles. The lowest BCUT2D eigenvalue weighted by Gasteiger charge is -2.00. The standard InChI is InChI=1S/C13H15BrN2S/c1-8-4-5-10(6-11(8)14)13-16-9(2)12(17-13)7-15-3/h4-6,15H,7H2,1-3H3. The quantitative estimate of drug-likeness (QED) is 0.929. The Bertz CT molecular complexity index is 534. The molecule has 0 saturated heterocycles. The molecule has 0 saturated carbocycles. The monoisotopic (exact) mass is 310 g/mol. The van der Waals surface area contributed by atoms with Crippen molar-refractivity contribution in [1.82, 2.24) is 10.3 Å². The van der Waals surface area contributed by atoms with Crippen molar-refractivity contribution in [2.24, 2.45) is 0 Å². The molecule has 0 spiro atoms. The number of nitrogens with one attached hydrogen (secondary N) is 1. The Hall–Kier alpha value is -0.710. The minimum Gasteiger partial charge on any atom is -0.315 e. The second-order valence-electron chi connectivity index (χ2n) is 4.02. The molecule has 2 aromatic rings. The van der Waals surface area contributed by atoms with Crippen LogP contribution >= 0.6 is 27.3 Å². The number of benzene rings is 1. The Morgan fingerprint density at radius 2 is 2.12 bits per heavy atom. The van der Waals surface area contributed by atoms with E-state index < -0.39 is 0 Å². The molecule has 0 bridgehead atoms. The van der Waals surface area contributed by atoms with Gasteiger partial charge in [-0.3, -0.25) is 0 Å². The van der Waals surface area contributed by atoms with Gasteiger partial charge in [0.25, 0.3) is 0 Å². The van der Waals surface area contributed by atoms with E-state index in [1.807, 2.05) is 7.05 Å². The summed E-state index contributed by atoms with van der Waals surface area (Å²) in [4.78, 5) is 5.93. The fraction of sp³-hybridized carbons (Fsp3) is 0.308. The summed E-state index contributed by atoms with van der Waals surface area (Å²) in [7, 11) is 1.96. The first-order valence-corrected chi connectivity index (χ1v) is 7.10. The summed E-state index contributed by atoms with van der Waals surface area (Å²) in [5.74, 6) is 0. The van der Waals surface area contributed by atoms with Crippen LogP contribution in [0.1, 0.15) is 16.1 Å². The molecule has 0 unspecified atom stereocenters. The lowest BCUT2D eigenvalue weighted by Crippen LogP contribution is -2.04. The molecule has 0 fully saturated rings. The van der Waals surface area contributed by atoms with Crippen LogP contribution in [0, 0.1) is 13.8 Å². The van der Waals surface area contributed by atoms with Crippen molar-refractivity contribution in [3.63, 3.8) is 0 Å². The van der Waals surface area contributed by atoms with Gasteiger partial charge in [0.15, 0.2) is 0 Å². The number of hydrogen-bond donors (Lipinski definition) is 1. The number of halogens is 1. The molecule has 1 N–H and O–H groups in total. The molecule has 0 atom stereocenters. The largest absolute Gasteiger partial charge is 0.315 e. The fourth-order valence-corrected chi connectivity index (χ4v) is 3.05. The average Bonchev–Trinajstić information content (AvgIpc) is 2.65. The summed E-state index contributed by atoms with van der Waals surface area (Å²) in [5, 5.41) is 4.26. The van der Waals surface area contributed by atoms with E-state index in [-0.39, 0.29) is 0 Å². The maximum atomic E-state index is 4.63. The summed E-state index contributed by atoms with van der Waals surface area (Å²) in [5.41, 5.74) is 3.55. The van der Waals surface area contributed by atoms with Crippen LogP contribution in [0.25, 0.3) is 10.6 Å². The van der Waals surface area contributed by atoms with Crippen LogP contribution < -0.4 is 5.32 Å². The summed E-state index contributed by atoms with van der Waals surface area (Å²) < 4.78 is 1.14. The molecular formula is C13H15BrN2S. The molecule has 0 aliphatic carbocycles. The van der Waals surface area contributed by atoms with Crippen LogP contribution in [0.2, 0.25) is 0 Å². The van der Waals surface area contributed by atoms with Crippen molar-refractivity contribution >= 4 is 27.3 Å². The maximum absolute atomic E-state index is 4.63. The van der Waals surface area contributed by atoms with E-state index in [9.17, 15) is 0 Å². The van der Waals surface area contributed by atoms with Gasteiger partial charge in [-0.15, -0.1) is 11.3 Å². The normalized spacial score (nSPS) is 10.8. The van der Waals surface area contributed by atoms with Crippen molar-refractivity contribution in [1.29, 1.82) is 0 Å². The molecule has 17 heavy (non-hydrogen) atoms. The number of nitrogens with zero attached hydrogens (tertiary/aromatic N) is 1. The van der Waals surface area contributed by atoms with Crippen LogP contribution in [-0.4, -0.2) is 12.0 Å². The van der Waals surface area contributed by atoms with Crippen molar-refractivity contribution in [2.45, 2.75) is 20.4 Å². The zero-order valence-corrected chi connectivity index (χ0v) is 12.6. The van der Waals surface area contributed by atoms with Crippen molar-refractivity contribution in [2.75, 3.05) is 7.05 Å². The Morgan fingerprint density at radius 1 is 1.35 bits per heavy atom. The fourth-order valence-electron chi connectivity index (χ4n) is 1.60. The third kappa shape index (κ3) is 2.76. The Kier molecular flexibility index (Phi) is 3.97. The zero-order valence-electron chi connectivity index (χ0n) is 10.2. The van der Waals surface area contributed by atoms with Crippen LogP contribution in [0.4, 0.5) is 0 Å². The summed E-state index contributed by atoms with van der Waals surface area (Å²) in [6.45, 7) is 5.04. The van der Waals surface area contributed by atoms with Crippen molar-refractivity contribution in [3.05, 3.63) is 38.8 Å². The number of rotatable bonds is 3. The van der Waals surface area contributed by atoms with Gasteiger partial charge in [-0.1, -0.05) is 28.1 Å². The molecule has 1 heterocycles. The van der Waals surface area contributed by atoms with Gasteiger partial charge in [-0.2, -0.15) is 0 Å². The minimum absolute atomic E-state index is 0.885. The first-order valence-electron chi connectivity index (χ1n) is 5.49. The third-order valence-electron chi connectivity index (χ3n) is 2.65. The second kappa shape index (κ2) is 5.29. The molecule has 1 aromatic heterocycles. The van der Waals surface area contributed by atoms with Crippen molar-refractivity contribution < 1.29 is 0 Å². The number of thiazole rings is 1. The smallest absolute Gasteiger partial charge is 0.123 e. The van der Waals surface area contributed by atoms with E-state index in [1.54, 1.807) is 11.3 Å². The zero-order chi connectivity index (χ0) is 12.4. The summed E-state index contributed by atoms with van der Waals surface area (Å²) >= 11 is 5.32. The highest BCUT2D eigenvalue weighted by Gasteiger charge is 2.09. The molecule has 2 nitrogen and oxygen atoms in total. The molecule has 4 heteroatoms. The highest BCUT2D eigenvalue weighted by molar-refractivity contribution is 9.10. The molecule has 0 amide bonds. The number of aromatic nitrogens is 1. The highest BCUT2D eigenvalue weighted by Crippen LogP contribution is 2.30. The first kappa shape index (κ1) is 12.7. The van der Waals surface area contributed by atoms with Crippen LogP contribution in [-0.2, 0) is 6.54 Å². The molecule has 90 valence electrons. The van der Waals surface area contributed by atoms with Crippen LogP contribution in [0.5, 0.6) is 0 Å². The van der Waals surface area contributed by atoms with Gasteiger partial charge in [0.1, 0.15) is 5.01 Å². The van der Waals surface area contributed by atoms with E-state index in [0.717, 1.165) is 21.7 Å². The van der Waals surface area contributed by atoms with E-state index in [2.05, 4.69) is 58.3 Å². The first-order chi connectivity index (χ1) is 8.11. The van der Waals surface area contributed by atoms with Crippen molar-refractivity contribution in [3.8, 4) is 10.6 Å². The van der Waals surface area contributed by atoms with Gasteiger partial charge >= 0.3 is 0 Å². The lowest BCUT2D eigenvalue weighted by molar-refractivity contribution is 0.823. The topological polar surface area (TPSA) is 24.9 Å². The van der Waals surface area contributed by atoms with Crippen LogP contribution in [0.15, 0.2) is 22.7 Å². The Morgan fingerprint density at radius 3 is 2.76 bits per heavy atom. The SMILES string of the molecule is CNCc1sc(-c2ccc(C)c(Br)c2)nc1C. The molecule has 0 aliphatic rings. The summed E-state index contributed by atoms with van der Waals surface area (Å²) in [6.07, 6.45) is 0. The molecule has 0 aliphatic heterocycles. The predicted molar refractivity (Wildman–Crippen MR) is 77.5 cm³/mol. The van der Waals surface area contributed by atoms with Gasteiger partial charge in [0.2, 0.25) is 0 Å². The van der Waals surface area contributed by atoms with Gasteiger partial charge in [-0.25, -0.2) is 4.98 Å². The van der Waals surface area contributed by atoms with E-state index >= 15 is 0 Å². The van der Waals surface area contributed by atoms with Gasteiger partial charge < -0.3 is 5.32 Å². The summed E-state index contributed by atoms with van der Waals surface area (Å²) in [6, 6.07) is 6.38. The maximum Gasteiger partial charge on any atom is 0.123 e. The third-order valence-corrected chi connectivity index (χ3v) is 4.71.